The molecule has 0 aliphatic rings. The van der Waals surface area contributed by atoms with Gasteiger partial charge in [0.1, 0.15) is 22.9 Å². The van der Waals surface area contributed by atoms with Crippen LogP contribution in [0.15, 0.2) is 47.4 Å². The van der Waals surface area contributed by atoms with E-state index in [1.807, 2.05) is 43.5 Å². The SMILES string of the molecule is COc1cc2c(cc1-c1c(C)noc1C)ncc1nc(-c3cccnc3)n([C@@H](C)COC(F)F)c12. The van der Waals surface area contributed by atoms with Crippen molar-refractivity contribution in [2.75, 3.05) is 13.7 Å². The predicted octanol–water partition coefficient (Wildman–Crippen LogP) is 5.73. The first kappa shape index (κ1) is 22.9. The highest BCUT2D eigenvalue weighted by Gasteiger charge is 2.23. The summed E-state index contributed by atoms with van der Waals surface area (Å²) < 4.78 is 43.4. The third kappa shape index (κ3) is 3.99. The number of ether oxygens (including phenoxy) is 2. The molecule has 5 aromatic rings. The Labute approximate surface area is 199 Å². The van der Waals surface area contributed by atoms with Crippen LogP contribution < -0.4 is 4.74 Å². The number of alkyl halides is 2. The van der Waals surface area contributed by atoms with Crippen molar-refractivity contribution >= 4 is 21.9 Å². The number of aryl methyl sites for hydroxylation is 2. The molecule has 0 saturated carbocycles. The molecule has 0 saturated heterocycles. The first-order valence-electron chi connectivity index (χ1n) is 11.0. The number of aromatic nitrogens is 5. The van der Waals surface area contributed by atoms with Crippen LogP contribution in [0.5, 0.6) is 5.75 Å². The fourth-order valence-corrected chi connectivity index (χ4v) is 4.45. The summed E-state index contributed by atoms with van der Waals surface area (Å²) in [5.41, 5.74) is 5.18. The Morgan fingerprint density at radius 1 is 1.14 bits per heavy atom. The maximum Gasteiger partial charge on any atom is 0.345 e. The zero-order valence-electron chi connectivity index (χ0n) is 19.6. The molecule has 8 nitrogen and oxygen atoms in total. The van der Waals surface area contributed by atoms with Gasteiger partial charge in [-0.3, -0.25) is 9.97 Å². The van der Waals surface area contributed by atoms with E-state index in [1.165, 1.54) is 0 Å². The van der Waals surface area contributed by atoms with Gasteiger partial charge >= 0.3 is 6.61 Å². The summed E-state index contributed by atoms with van der Waals surface area (Å²) in [5, 5.41) is 4.83. The van der Waals surface area contributed by atoms with E-state index in [4.69, 9.17) is 14.2 Å². The zero-order chi connectivity index (χ0) is 24.7. The van der Waals surface area contributed by atoms with Crippen molar-refractivity contribution in [1.82, 2.24) is 24.7 Å². The Morgan fingerprint density at radius 2 is 1.97 bits per heavy atom. The number of rotatable bonds is 7. The van der Waals surface area contributed by atoms with E-state index < -0.39 is 12.7 Å². The average Bonchev–Trinajstić information content (AvgIpc) is 3.42. The maximum absolute atomic E-state index is 12.9. The standard InChI is InChI=1S/C25H23F2N5O3/c1-13(12-34-25(26)27)32-23-17-9-21(33-4)18(22-14(2)31-35-15(22)3)8-19(17)29-11-20(23)30-24(32)16-6-5-7-28-10-16/h5-11,13,25H,12H2,1-4H3/t13-/m0/s1. The Kier molecular flexibility index (Phi) is 5.89. The molecule has 35 heavy (non-hydrogen) atoms. The Hall–Kier alpha value is -3.92. The number of nitrogens with zero attached hydrogens (tertiary/aromatic N) is 5. The summed E-state index contributed by atoms with van der Waals surface area (Å²) in [6.45, 7) is 2.45. The topological polar surface area (TPSA) is 88.1 Å². The lowest BCUT2D eigenvalue weighted by Gasteiger charge is -2.19. The average molecular weight is 479 g/mol. The third-order valence-corrected chi connectivity index (χ3v) is 5.96. The van der Waals surface area contributed by atoms with E-state index in [2.05, 4.69) is 19.9 Å². The largest absolute Gasteiger partial charge is 0.496 e. The molecular weight excluding hydrogens is 456 g/mol. The van der Waals surface area contributed by atoms with Gasteiger partial charge in [0.2, 0.25) is 0 Å². The summed E-state index contributed by atoms with van der Waals surface area (Å²) in [5.74, 6) is 1.86. The minimum absolute atomic E-state index is 0.200. The summed E-state index contributed by atoms with van der Waals surface area (Å²) in [6.07, 6.45) is 5.03. The van der Waals surface area contributed by atoms with Gasteiger partial charge < -0.3 is 18.6 Å². The number of pyridine rings is 2. The van der Waals surface area contributed by atoms with Crippen LogP contribution in [-0.2, 0) is 4.74 Å². The van der Waals surface area contributed by atoms with Gasteiger partial charge in [0.05, 0.1) is 48.2 Å². The third-order valence-electron chi connectivity index (χ3n) is 5.96. The molecule has 4 heterocycles. The first-order chi connectivity index (χ1) is 16.9. The van der Waals surface area contributed by atoms with Crippen molar-refractivity contribution in [3.63, 3.8) is 0 Å². The second-order valence-electron chi connectivity index (χ2n) is 8.25. The van der Waals surface area contributed by atoms with Crippen LogP contribution in [0.25, 0.3) is 44.5 Å². The van der Waals surface area contributed by atoms with Gasteiger partial charge in [-0.05, 0) is 45.0 Å². The summed E-state index contributed by atoms with van der Waals surface area (Å²) in [6, 6.07) is 7.02. The van der Waals surface area contributed by atoms with Gasteiger partial charge in [-0.2, -0.15) is 8.78 Å². The van der Waals surface area contributed by atoms with Crippen LogP contribution in [0.2, 0.25) is 0 Å². The van der Waals surface area contributed by atoms with E-state index in [0.29, 0.717) is 28.4 Å². The van der Waals surface area contributed by atoms with Crippen molar-refractivity contribution in [3.8, 4) is 28.3 Å². The lowest BCUT2D eigenvalue weighted by atomic mass is 10.0. The normalized spacial score (nSPS) is 12.7. The lowest BCUT2D eigenvalue weighted by molar-refractivity contribution is -0.135. The van der Waals surface area contributed by atoms with Crippen LogP contribution in [0.4, 0.5) is 8.78 Å². The molecule has 5 rings (SSSR count). The Bertz CT molecular complexity index is 1500. The minimum Gasteiger partial charge on any atom is -0.496 e. The maximum atomic E-state index is 12.9. The molecule has 4 aromatic heterocycles. The fraction of sp³-hybridized carbons (Fsp3) is 0.280. The number of hydrogen-bond acceptors (Lipinski definition) is 7. The lowest BCUT2D eigenvalue weighted by Crippen LogP contribution is -2.15. The van der Waals surface area contributed by atoms with Gasteiger partial charge in [0, 0.05) is 28.9 Å². The molecule has 180 valence electrons. The predicted molar refractivity (Wildman–Crippen MR) is 126 cm³/mol. The number of imidazole rings is 1. The smallest absolute Gasteiger partial charge is 0.345 e. The highest BCUT2D eigenvalue weighted by Crippen LogP contribution is 2.40. The number of methoxy groups -OCH3 is 1. The number of benzene rings is 1. The van der Waals surface area contributed by atoms with Crippen molar-refractivity contribution in [2.45, 2.75) is 33.4 Å². The molecule has 1 aromatic carbocycles. The summed E-state index contributed by atoms with van der Waals surface area (Å²) in [4.78, 5) is 13.6. The molecule has 1 atom stereocenters. The van der Waals surface area contributed by atoms with E-state index >= 15 is 0 Å². The molecule has 0 aliphatic carbocycles. The van der Waals surface area contributed by atoms with Gasteiger partial charge in [-0.1, -0.05) is 5.16 Å². The van der Waals surface area contributed by atoms with Gasteiger partial charge in [-0.25, -0.2) is 4.98 Å². The first-order valence-corrected chi connectivity index (χ1v) is 11.0. The molecule has 0 spiro atoms. The monoisotopic (exact) mass is 479 g/mol. The van der Waals surface area contributed by atoms with E-state index in [1.54, 1.807) is 31.8 Å². The molecule has 0 amide bonds. The van der Waals surface area contributed by atoms with Crippen LogP contribution in [-0.4, -0.2) is 45.0 Å². The molecule has 10 heteroatoms. The number of hydrogen-bond donors (Lipinski definition) is 0. The van der Waals surface area contributed by atoms with E-state index in [0.717, 1.165) is 33.3 Å². The summed E-state index contributed by atoms with van der Waals surface area (Å²) in [7, 11) is 1.59. The molecular formula is C25H23F2N5O3. The molecule has 0 N–H and O–H groups in total. The van der Waals surface area contributed by atoms with Crippen LogP contribution in [0.3, 0.4) is 0 Å². The van der Waals surface area contributed by atoms with Crippen LogP contribution in [0.1, 0.15) is 24.4 Å². The minimum atomic E-state index is -2.87. The number of halogens is 2. The fourth-order valence-electron chi connectivity index (χ4n) is 4.45. The van der Waals surface area contributed by atoms with Crippen molar-refractivity contribution in [1.29, 1.82) is 0 Å². The van der Waals surface area contributed by atoms with E-state index in [9.17, 15) is 8.78 Å². The van der Waals surface area contributed by atoms with Crippen LogP contribution in [0, 0.1) is 13.8 Å². The Balaban J connectivity index is 1.80. The van der Waals surface area contributed by atoms with Crippen LogP contribution >= 0.6 is 0 Å². The van der Waals surface area contributed by atoms with Crippen molar-refractivity contribution in [3.05, 3.63) is 54.3 Å². The molecule has 0 unspecified atom stereocenters. The van der Waals surface area contributed by atoms with Gasteiger partial charge in [-0.15, -0.1) is 0 Å². The second-order valence-corrected chi connectivity index (χ2v) is 8.25. The molecule has 0 aliphatic heterocycles. The summed E-state index contributed by atoms with van der Waals surface area (Å²) >= 11 is 0. The van der Waals surface area contributed by atoms with Crippen molar-refractivity contribution < 1.29 is 22.8 Å². The number of fused-ring (bicyclic) bond motifs is 3. The van der Waals surface area contributed by atoms with E-state index in [-0.39, 0.29) is 6.61 Å². The van der Waals surface area contributed by atoms with Gasteiger partial charge in [0.15, 0.2) is 0 Å². The second kappa shape index (κ2) is 9.03. The Morgan fingerprint density at radius 3 is 2.63 bits per heavy atom. The zero-order valence-corrected chi connectivity index (χ0v) is 19.6. The molecule has 0 fully saturated rings. The quantitative estimate of drug-likeness (QED) is 0.295. The van der Waals surface area contributed by atoms with Crippen molar-refractivity contribution in [2.24, 2.45) is 0 Å². The molecule has 0 radical (unpaired) electrons. The highest BCUT2D eigenvalue weighted by molar-refractivity contribution is 6.06. The molecule has 0 bridgehead atoms. The highest BCUT2D eigenvalue weighted by atomic mass is 19.3. The van der Waals surface area contributed by atoms with Gasteiger partial charge in [0.25, 0.3) is 0 Å².